The molecule has 2 heterocycles. The Kier molecular flexibility index (Phi) is 7.14. The second-order valence-corrected chi connectivity index (χ2v) is 8.61. The molecule has 0 radical (unpaired) electrons. The van der Waals surface area contributed by atoms with Crippen LogP contribution < -0.4 is 16.6 Å². The maximum atomic E-state index is 13.4. The molecule has 4 rings (SSSR count). The van der Waals surface area contributed by atoms with Gasteiger partial charge in [0, 0.05) is 19.3 Å². The molecule has 0 saturated heterocycles. The van der Waals surface area contributed by atoms with Crippen molar-refractivity contribution in [2.75, 3.05) is 18.9 Å². The van der Waals surface area contributed by atoms with Crippen LogP contribution in [0.25, 0.3) is 11.2 Å². The monoisotopic (exact) mass is 488 g/mol. The van der Waals surface area contributed by atoms with E-state index in [9.17, 15) is 19.2 Å². The first-order valence-corrected chi connectivity index (χ1v) is 11.6. The lowest BCUT2D eigenvalue weighted by Crippen LogP contribution is -2.45. The normalized spacial score (nSPS) is 11.0. The van der Waals surface area contributed by atoms with Crippen molar-refractivity contribution in [3.05, 3.63) is 92.9 Å². The second kappa shape index (κ2) is 10.4. The molecule has 0 aliphatic heterocycles. The van der Waals surface area contributed by atoms with E-state index in [1.807, 2.05) is 56.3 Å². The van der Waals surface area contributed by atoms with Gasteiger partial charge in [-0.15, -0.1) is 0 Å². The van der Waals surface area contributed by atoms with Gasteiger partial charge in [-0.2, -0.15) is 0 Å². The van der Waals surface area contributed by atoms with E-state index in [2.05, 4.69) is 10.3 Å². The Hall–Kier alpha value is -4.47. The van der Waals surface area contributed by atoms with Gasteiger partial charge in [-0.05, 0) is 31.5 Å². The molecule has 4 aromatic rings. The van der Waals surface area contributed by atoms with Crippen LogP contribution >= 0.6 is 0 Å². The molecule has 0 bridgehead atoms. The molecule has 0 fully saturated rings. The molecule has 10 nitrogen and oxygen atoms in total. The van der Waals surface area contributed by atoms with Crippen LogP contribution in [-0.2, 0) is 29.2 Å². The third-order valence-corrected chi connectivity index (χ3v) is 5.94. The van der Waals surface area contributed by atoms with Crippen molar-refractivity contribution in [1.29, 1.82) is 0 Å². The number of fused-ring (bicyclic) bond motifs is 1. The predicted molar refractivity (Wildman–Crippen MR) is 137 cm³/mol. The first-order valence-electron chi connectivity index (χ1n) is 11.6. The lowest BCUT2D eigenvalue weighted by Gasteiger charge is -2.18. The summed E-state index contributed by atoms with van der Waals surface area (Å²) in [7, 11) is 1.46. The third-order valence-electron chi connectivity index (χ3n) is 5.94. The number of aryl methyl sites for hydroxylation is 2. The zero-order chi connectivity index (χ0) is 25.8. The Bertz CT molecular complexity index is 1520. The lowest BCUT2D eigenvalue weighted by atomic mass is 10.2. The third kappa shape index (κ3) is 5.12. The van der Waals surface area contributed by atoms with E-state index in [1.54, 1.807) is 16.7 Å². The van der Waals surface area contributed by atoms with Crippen molar-refractivity contribution in [2.45, 2.75) is 33.5 Å². The van der Waals surface area contributed by atoms with E-state index < -0.39 is 23.7 Å². The maximum absolute atomic E-state index is 13.4. The Morgan fingerprint density at radius 1 is 1.00 bits per heavy atom. The number of hydrogen-bond acceptors (Lipinski definition) is 5. The Morgan fingerprint density at radius 3 is 2.36 bits per heavy atom. The number of benzene rings is 2. The van der Waals surface area contributed by atoms with Crippen molar-refractivity contribution in [3.8, 4) is 0 Å². The van der Waals surface area contributed by atoms with Gasteiger partial charge in [0.05, 0.1) is 19.4 Å². The van der Waals surface area contributed by atoms with Crippen LogP contribution in [0.15, 0.2) is 70.5 Å². The highest BCUT2D eigenvalue weighted by atomic mass is 16.2. The van der Waals surface area contributed by atoms with E-state index >= 15 is 0 Å². The fourth-order valence-corrected chi connectivity index (χ4v) is 3.92. The molecule has 2 aromatic heterocycles. The number of amides is 2. The van der Waals surface area contributed by atoms with Gasteiger partial charge in [0.15, 0.2) is 11.2 Å². The highest BCUT2D eigenvalue weighted by Gasteiger charge is 2.21. The van der Waals surface area contributed by atoms with Crippen molar-refractivity contribution < 1.29 is 9.59 Å². The van der Waals surface area contributed by atoms with Gasteiger partial charge in [-0.3, -0.25) is 19.0 Å². The van der Waals surface area contributed by atoms with Crippen molar-refractivity contribution in [1.82, 2.24) is 23.6 Å². The van der Waals surface area contributed by atoms with Crippen LogP contribution in [0.2, 0.25) is 0 Å². The summed E-state index contributed by atoms with van der Waals surface area (Å²) in [5.74, 6) is -0.926. The maximum Gasteiger partial charge on any atom is 0.333 e. The Morgan fingerprint density at radius 2 is 1.69 bits per heavy atom. The molecule has 186 valence electrons. The summed E-state index contributed by atoms with van der Waals surface area (Å²) in [5, 5.41) is 2.73. The van der Waals surface area contributed by atoms with Gasteiger partial charge >= 0.3 is 5.69 Å². The molecule has 0 saturated carbocycles. The summed E-state index contributed by atoms with van der Waals surface area (Å²) in [5.41, 5.74) is 1.82. The zero-order valence-electron chi connectivity index (χ0n) is 20.5. The fraction of sp³-hybridized carbons (Fsp3) is 0.269. The number of aromatic nitrogens is 4. The predicted octanol–water partition coefficient (Wildman–Crippen LogP) is 1.83. The minimum Gasteiger partial charge on any atom is -0.335 e. The van der Waals surface area contributed by atoms with Crippen molar-refractivity contribution in [2.24, 2.45) is 0 Å². The summed E-state index contributed by atoms with van der Waals surface area (Å²) in [4.78, 5) is 57.6. The molecule has 2 aromatic carbocycles. The quantitative estimate of drug-likeness (QED) is 0.407. The molecule has 36 heavy (non-hydrogen) atoms. The number of likely N-dealkylation sites (N-methyl/N-ethyl adjacent to an activating group) is 1. The lowest BCUT2D eigenvalue weighted by molar-refractivity contribution is -0.133. The highest BCUT2D eigenvalue weighted by Crippen LogP contribution is 2.10. The van der Waals surface area contributed by atoms with Crippen LogP contribution in [0.4, 0.5) is 5.69 Å². The SMILES string of the molecule is CCn1cnc2c1c(=O)n(CC(=O)N(C)CC(=O)Nc1ccc(C)cc1)c(=O)n2Cc1ccccc1. The van der Waals surface area contributed by atoms with Crippen LogP contribution in [-0.4, -0.2) is 49.0 Å². The summed E-state index contributed by atoms with van der Waals surface area (Å²) in [6.45, 7) is 3.75. The Balaban J connectivity index is 1.60. The molecule has 10 heteroatoms. The minimum absolute atomic E-state index is 0.195. The van der Waals surface area contributed by atoms with Gasteiger partial charge in [0.2, 0.25) is 11.8 Å². The number of carbonyl (C=O) groups excluding carboxylic acids is 2. The summed E-state index contributed by atoms with van der Waals surface area (Å²) in [6.07, 6.45) is 1.51. The summed E-state index contributed by atoms with van der Waals surface area (Å²) < 4.78 is 3.96. The van der Waals surface area contributed by atoms with E-state index in [-0.39, 0.29) is 30.2 Å². The van der Waals surface area contributed by atoms with Gasteiger partial charge in [0.25, 0.3) is 5.56 Å². The summed E-state index contributed by atoms with van der Waals surface area (Å²) >= 11 is 0. The van der Waals surface area contributed by atoms with Crippen LogP contribution in [0.3, 0.4) is 0 Å². The molecule has 0 spiro atoms. The molecular weight excluding hydrogens is 460 g/mol. The molecule has 0 unspecified atom stereocenters. The van der Waals surface area contributed by atoms with E-state index in [0.717, 1.165) is 15.7 Å². The second-order valence-electron chi connectivity index (χ2n) is 8.61. The number of hydrogen-bond donors (Lipinski definition) is 1. The first-order chi connectivity index (χ1) is 17.3. The van der Waals surface area contributed by atoms with Gasteiger partial charge < -0.3 is 14.8 Å². The smallest absolute Gasteiger partial charge is 0.333 e. The largest absolute Gasteiger partial charge is 0.335 e. The molecular formula is C26H28N6O4. The van der Waals surface area contributed by atoms with E-state index in [1.165, 1.54) is 22.8 Å². The summed E-state index contributed by atoms with van der Waals surface area (Å²) in [6, 6.07) is 16.6. The minimum atomic E-state index is -0.636. The molecule has 1 N–H and O–H groups in total. The first kappa shape index (κ1) is 24.6. The van der Waals surface area contributed by atoms with Gasteiger partial charge in [0.1, 0.15) is 6.54 Å². The fourth-order valence-electron chi connectivity index (χ4n) is 3.92. The standard InChI is InChI=1S/C26H28N6O4/c1-4-30-17-27-24-23(30)25(35)32(26(36)31(24)14-19-8-6-5-7-9-19)16-22(34)29(3)15-21(33)28-20-12-10-18(2)11-13-20/h5-13,17H,4,14-16H2,1-3H3,(H,28,33). The molecule has 0 atom stereocenters. The topological polar surface area (TPSA) is 111 Å². The van der Waals surface area contributed by atoms with E-state index in [4.69, 9.17) is 0 Å². The van der Waals surface area contributed by atoms with Gasteiger partial charge in [-0.1, -0.05) is 48.0 Å². The number of anilines is 1. The van der Waals surface area contributed by atoms with Crippen LogP contribution in [0.1, 0.15) is 18.1 Å². The number of nitrogens with zero attached hydrogens (tertiary/aromatic N) is 5. The highest BCUT2D eigenvalue weighted by molar-refractivity contribution is 5.94. The number of nitrogens with one attached hydrogen (secondary N) is 1. The van der Waals surface area contributed by atoms with Gasteiger partial charge in [-0.25, -0.2) is 14.3 Å². The molecule has 2 amide bonds. The number of rotatable bonds is 8. The zero-order valence-corrected chi connectivity index (χ0v) is 20.5. The average Bonchev–Trinajstić information content (AvgIpc) is 3.30. The van der Waals surface area contributed by atoms with Crippen LogP contribution in [0.5, 0.6) is 0 Å². The molecule has 0 aliphatic rings. The van der Waals surface area contributed by atoms with Crippen LogP contribution in [0, 0.1) is 6.92 Å². The number of imidazole rings is 1. The van der Waals surface area contributed by atoms with Crippen molar-refractivity contribution >= 4 is 28.7 Å². The van der Waals surface area contributed by atoms with Crippen molar-refractivity contribution in [3.63, 3.8) is 0 Å². The Labute approximate surface area is 207 Å². The molecule has 0 aliphatic carbocycles. The number of carbonyl (C=O) groups is 2. The van der Waals surface area contributed by atoms with E-state index in [0.29, 0.717) is 12.2 Å². The average molecular weight is 489 g/mol.